The lowest BCUT2D eigenvalue weighted by atomic mass is 9.86. The Hall–Kier alpha value is -1.67. The first-order valence-corrected chi connectivity index (χ1v) is 14.0. The Morgan fingerprint density at radius 2 is 1.94 bits per heavy atom. The summed E-state index contributed by atoms with van der Waals surface area (Å²) in [7, 11) is 0.0855. The number of hydrogen-bond acceptors (Lipinski definition) is 4. The third-order valence-electron chi connectivity index (χ3n) is 7.43. The van der Waals surface area contributed by atoms with Crippen molar-refractivity contribution in [3.05, 3.63) is 63.9 Å². The minimum atomic E-state index is -2.91. The summed E-state index contributed by atoms with van der Waals surface area (Å²) in [4.78, 5) is 2.51. The average Bonchev–Trinajstić information content (AvgIpc) is 3.05. The number of halogens is 2. The second kappa shape index (κ2) is 10.9. The van der Waals surface area contributed by atoms with Crippen molar-refractivity contribution in [1.29, 1.82) is 0 Å². The summed E-state index contributed by atoms with van der Waals surface area (Å²) in [5.74, 6) is 0.983. The van der Waals surface area contributed by atoms with Gasteiger partial charge >= 0.3 is 0 Å². The highest BCUT2D eigenvalue weighted by Gasteiger charge is 2.35. The maximum atomic E-state index is 14.2. The van der Waals surface area contributed by atoms with Crippen LogP contribution in [0, 0.1) is 11.7 Å². The molecule has 5 nitrogen and oxygen atoms in total. The molecule has 1 N–H and O–H groups in total. The van der Waals surface area contributed by atoms with Crippen molar-refractivity contribution in [3.8, 4) is 5.75 Å². The number of methoxy groups -OCH3 is 1. The van der Waals surface area contributed by atoms with Crippen LogP contribution in [0.5, 0.6) is 5.75 Å². The van der Waals surface area contributed by atoms with Gasteiger partial charge in [0.15, 0.2) is 11.6 Å². The highest BCUT2D eigenvalue weighted by Crippen LogP contribution is 2.43. The number of hydrogen-bond donors (Lipinski definition) is 1. The molecule has 1 aliphatic heterocycles. The molecular formula is C26H34ClFN2O3S. The van der Waals surface area contributed by atoms with Gasteiger partial charge in [0.05, 0.1) is 12.4 Å². The second-order valence-corrected chi connectivity index (χ2v) is 12.1. The highest BCUT2D eigenvalue weighted by molar-refractivity contribution is 7.90. The molecule has 1 saturated carbocycles. The fourth-order valence-electron chi connectivity index (χ4n) is 5.10. The van der Waals surface area contributed by atoms with Gasteiger partial charge in [0, 0.05) is 11.6 Å². The van der Waals surface area contributed by atoms with Gasteiger partial charge < -0.3 is 9.64 Å². The second-order valence-electron chi connectivity index (χ2n) is 9.55. The average molecular weight is 509 g/mol. The van der Waals surface area contributed by atoms with Crippen LogP contribution in [0.25, 0.3) is 0 Å². The summed E-state index contributed by atoms with van der Waals surface area (Å²) in [5.41, 5.74) is 3.61. The molecule has 8 heteroatoms. The Labute approximate surface area is 207 Å². The van der Waals surface area contributed by atoms with Crippen LogP contribution in [0.4, 0.5) is 4.39 Å². The molecule has 34 heavy (non-hydrogen) atoms. The van der Waals surface area contributed by atoms with E-state index in [2.05, 4.69) is 15.7 Å². The van der Waals surface area contributed by atoms with Crippen LogP contribution in [-0.4, -0.2) is 52.4 Å². The lowest BCUT2D eigenvalue weighted by Gasteiger charge is -2.35. The molecule has 0 amide bonds. The van der Waals surface area contributed by atoms with Crippen LogP contribution in [0.2, 0.25) is 5.02 Å². The van der Waals surface area contributed by atoms with Crippen molar-refractivity contribution in [1.82, 2.24) is 9.62 Å². The van der Waals surface area contributed by atoms with Gasteiger partial charge in [0.25, 0.3) is 0 Å². The quantitative estimate of drug-likeness (QED) is 0.584. The standard InChI is InChI=1S/C21H23ClFNO.C5H11NO2S/c1-25-21-12-19-15(11-20(21)23)10-16(13-24-6-3-7-24)18(19)9-14-4-2-5-17(22)8-14;1-6-9(7,8)5-3-2-4-5/h2,4-5,8,11-12,16,18H,3,6-7,9-10,13H2,1H3;5-6H,2-4H2,1H3. The van der Waals surface area contributed by atoms with E-state index in [-0.39, 0.29) is 11.1 Å². The fourth-order valence-corrected chi connectivity index (χ4v) is 6.60. The molecule has 5 rings (SSSR count). The number of rotatable bonds is 7. The molecule has 0 bridgehead atoms. The summed E-state index contributed by atoms with van der Waals surface area (Å²) < 4.78 is 43.5. The summed E-state index contributed by atoms with van der Waals surface area (Å²) in [6.07, 6.45) is 5.90. The van der Waals surface area contributed by atoms with E-state index >= 15 is 0 Å². The van der Waals surface area contributed by atoms with Gasteiger partial charge in [-0.2, -0.15) is 0 Å². The number of nitrogens with zero attached hydrogens (tertiary/aromatic N) is 1. The minimum absolute atomic E-state index is 0.0949. The van der Waals surface area contributed by atoms with Gasteiger partial charge in [-0.05, 0) is 105 Å². The van der Waals surface area contributed by atoms with E-state index in [4.69, 9.17) is 16.3 Å². The molecule has 0 spiro atoms. The molecule has 0 aromatic heterocycles. The predicted molar refractivity (Wildman–Crippen MR) is 135 cm³/mol. The minimum Gasteiger partial charge on any atom is -0.494 e. The molecular weight excluding hydrogens is 475 g/mol. The Bertz CT molecular complexity index is 1100. The molecule has 1 saturated heterocycles. The molecule has 186 valence electrons. The van der Waals surface area contributed by atoms with Gasteiger partial charge in [0.2, 0.25) is 10.0 Å². The van der Waals surface area contributed by atoms with Crippen molar-refractivity contribution in [2.75, 3.05) is 33.8 Å². The first-order valence-electron chi connectivity index (χ1n) is 12.1. The SMILES string of the molecule is CNS(=O)(=O)C1CCC1.COc1cc2c(cc1F)CC(CN1CCC1)C2Cc1cccc(Cl)c1. The molecule has 0 radical (unpaired) electrons. The zero-order valence-electron chi connectivity index (χ0n) is 19.9. The van der Waals surface area contributed by atoms with E-state index in [1.54, 1.807) is 6.07 Å². The van der Waals surface area contributed by atoms with E-state index in [0.717, 1.165) is 49.2 Å². The van der Waals surface area contributed by atoms with E-state index in [0.29, 0.717) is 17.6 Å². The van der Waals surface area contributed by atoms with E-state index in [1.807, 2.05) is 24.3 Å². The van der Waals surface area contributed by atoms with Crippen molar-refractivity contribution in [2.45, 2.75) is 49.7 Å². The van der Waals surface area contributed by atoms with E-state index < -0.39 is 10.0 Å². The summed E-state index contributed by atoms with van der Waals surface area (Å²) >= 11 is 6.17. The van der Waals surface area contributed by atoms with Gasteiger partial charge in [-0.3, -0.25) is 0 Å². The zero-order valence-corrected chi connectivity index (χ0v) is 21.5. The largest absolute Gasteiger partial charge is 0.494 e. The van der Waals surface area contributed by atoms with Crippen LogP contribution in [0.15, 0.2) is 36.4 Å². The van der Waals surface area contributed by atoms with Gasteiger partial charge in [-0.25, -0.2) is 17.5 Å². The van der Waals surface area contributed by atoms with E-state index in [9.17, 15) is 12.8 Å². The van der Waals surface area contributed by atoms with Crippen molar-refractivity contribution in [3.63, 3.8) is 0 Å². The zero-order chi connectivity index (χ0) is 24.3. The van der Waals surface area contributed by atoms with Crippen LogP contribution < -0.4 is 9.46 Å². The summed E-state index contributed by atoms with van der Waals surface area (Å²) in [6.45, 7) is 3.46. The molecule has 1 heterocycles. The van der Waals surface area contributed by atoms with Gasteiger partial charge in [-0.1, -0.05) is 30.2 Å². The number of nitrogens with one attached hydrogen (secondary N) is 1. The Kier molecular flexibility index (Phi) is 8.18. The first kappa shape index (κ1) is 25.4. The van der Waals surface area contributed by atoms with Gasteiger partial charge in [0.1, 0.15) is 0 Å². The summed E-state index contributed by atoms with van der Waals surface area (Å²) in [6, 6.07) is 11.7. The number of likely N-dealkylation sites (tertiary alicyclic amines) is 1. The number of benzene rings is 2. The highest BCUT2D eigenvalue weighted by atomic mass is 35.5. The van der Waals surface area contributed by atoms with Crippen LogP contribution in [0.1, 0.15) is 48.3 Å². The molecule has 2 unspecified atom stereocenters. The van der Waals surface area contributed by atoms with Crippen molar-refractivity contribution in [2.24, 2.45) is 5.92 Å². The first-order chi connectivity index (χ1) is 16.3. The Morgan fingerprint density at radius 3 is 2.47 bits per heavy atom. The van der Waals surface area contributed by atoms with Crippen LogP contribution in [0.3, 0.4) is 0 Å². The van der Waals surface area contributed by atoms with Crippen LogP contribution >= 0.6 is 11.6 Å². The smallest absolute Gasteiger partial charge is 0.214 e. The topological polar surface area (TPSA) is 58.6 Å². The third-order valence-corrected chi connectivity index (χ3v) is 9.58. The van der Waals surface area contributed by atoms with Gasteiger partial charge in [-0.15, -0.1) is 0 Å². The maximum absolute atomic E-state index is 14.2. The Morgan fingerprint density at radius 1 is 1.18 bits per heavy atom. The summed E-state index contributed by atoms with van der Waals surface area (Å²) in [5, 5.41) is 0.675. The maximum Gasteiger partial charge on any atom is 0.214 e. The van der Waals surface area contributed by atoms with Crippen molar-refractivity contribution < 1.29 is 17.5 Å². The molecule has 2 aromatic carbocycles. The number of sulfonamides is 1. The monoisotopic (exact) mass is 508 g/mol. The fraction of sp³-hybridized carbons (Fsp3) is 0.538. The lowest BCUT2D eigenvalue weighted by Crippen LogP contribution is -2.41. The molecule has 3 aliphatic rings. The number of ether oxygens (including phenoxy) is 1. The normalized spacial score (nSPS) is 22.2. The molecule has 2 atom stereocenters. The van der Waals surface area contributed by atoms with Crippen LogP contribution in [-0.2, 0) is 22.9 Å². The number of fused-ring (bicyclic) bond motifs is 1. The lowest BCUT2D eigenvalue weighted by molar-refractivity contribution is 0.145. The predicted octanol–water partition coefficient (Wildman–Crippen LogP) is 4.78. The Balaban J connectivity index is 0.000000257. The third kappa shape index (κ3) is 5.76. The molecule has 2 aliphatic carbocycles. The molecule has 2 fully saturated rings. The van der Waals surface area contributed by atoms with Crippen molar-refractivity contribution >= 4 is 21.6 Å². The van der Waals surface area contributed by atoms with E-state index in [1.165, 1.54) is 44.8 Å². The molecule has 2 aromatic rings.